The van der Waals surface area contributed by atoms with Crippen molar-refractivity contribution in [1.82, 2.24) is 18.8 Å². The van der Waals surface area contributed by atoms with Gasteiger partial charge >= 0.3 is 0 Å². The van der Waals surface area contributed by atoms with Crippen molar-refractivity contribution in [3.05, 3.63) is 55.0 Å². The van der Waals surface area contributed by atoms with Crippen LogP contribution in [0.5, 0.6) is 0 Å². The number of anilines is 1. The number of benzene rings is 1. The molecule has 0 atom stereocenters. The van der Waals surface area contributed by atoms with Crippen molar-refractivity contribution in [3.8, 4) is 0 Å². The maximum Gasteiger partial charge on any atom is 0.244 e. The first kappa shape index (κ1) is 24.9. The number of sulfonamides is 1. The average molecular weight is 498 g/mol. The molecule has 1 aliphatic rings. The van der Waals surface area contributed by atoms with Crippen LogP contribution in [0, 0.1) is 5.92 Å². The number of aromatic nitrogens is 2. The molecule has 0 radical (unpaired) electrons. The molecule has 9 nitrogen and oxygen atoms in total. The van der Waals surface area contributed by atoms with Gasteiger partial charge in [0, 0.05) is 67.3 Å². The Balaban J connectivity index is 1.37. The molecule has 1 aromatic carbocycles. The van der Waals surface area contributed by atoms with Crippen LogP contribution < -0.4 is 5.32 Å². The van der Waals surface area contributed by atoms with Gasteiger partial charge in [0.15, 0.2) is 0 Å². The first-order valence-corrected chi connectivity index (χ1v) is 13.3. The number of hydrogen-bond acceptors (Lipinski definition) is 5. The number of piperidine rings is 1. The van der Waals surface area contributed by atoms with Crippen molar-refractivity contribution in [3.63, 3.8) is 0 Å². The molecule has 2 amide bonds. The zero-order valence-corrected chi connectivity index (χ0v) is 20.9. The van der Waals surface area contributed by atoms with Crippen LogP contribution in [0.25, 0.3) is 10.9 Å². The van der Waals surface area contributed by atoms with Gasteiger partial charge in [0.2, 0.25) is 21.8 Å². The molecule has 10 heteroatoms. The zero-order valence-electron chi connectivity index (χ0n) is 20.1. The van der Waals surface area contributed by atoms with Gasteiger partial charge in [-0.1, -0.05) is 0 Å². The molecule has 2 aromatic heterocycles. The van der Waals surface area contributed by atoms with Crippen molar-refractivity contribution < 1.29 is 18.0 Å². The van der Waals surface area contributed by atoms with Gasteiger partial charge in [0.25, 0.3) is 0 Å². The highest BCUT2D eigenvalue weighted by atomic mass is 32.2. The lowest BCUT2D eigenvalue weighted by atomic mass is 9.97. The Bertz CT molecular complexity index is 1290. The third kappa shape index (κ3) is 5.38. The molecule has 35 heavy (non-hydrogen) atoms. The molecule has 3 aromatic rings. The minimum Gasteiger partial charge on any atom is -0.342 e. The molecule has 0 saturated carbocycles. The Labute approximate surface area is 205 Å². The summed E-state index contributed by atoms with van der Waals surface area (Å²) in [6.07, 6.45) is 5.68. The predicted molar refractivity (Wildman–Crippen MR) is 134 cm³/mol. The molecule has 0 unspecified atom stereocenters. The fourth-order valence-electron chi connectivity index (χ4n) is 4.49. The van der Waals surface area contributed by atoms with E-state index in [2.05, 4.69) is 10.3 Å². The summed E-state index contributed by atoms with van der Waals surface area (Å²) in [7, 11) is -3.60. The van der Waals surface area contributed by atoms with Gasteiger partial charge in [0.1, 0.15) is 11.4 Å². The second kappa shape index (κ2) is 10.6. The predicted octanol–water partition coefficient (Wildman–Crippen LogP) is 2.94. The van der Waals surface area contributed by atoms with E-state index < -0.39 is 10.0 Å². The molecule has 0 aliphatic carbocycles. The molecule has 3 heterocycles. The van der Waals surface area contributed by atoms with Gasteiger partial charge < -0.3 is 14.8 Å². The maximum absolute atomic E-state index is 12.9. The van der Waals surface area contributed by atoms with E-state index in [-0.39, 0.29) is 42.3 Å². The number of nitrogens with one attached hydrogen (secondary N) is 1. The van der Waals surface area contributed by atoms with E-state index in [1.165, 1.54) is 22.8 Å². The normalized spacial score (nSPS) is 15.3. The van der Waals surface area contributed by atoms with Crippen LogP contribution in [-0.4, -0.2) is 65.2 Å². The summed E-state index contributed by atoms with van der Waals surface area (Å²) in [4.78, 5) is 31.2. The van der Waals surface area contributed by atoms with Crippen molar-refractivity contribution >= 4 is 38.4 Å². The number of pyridine rings is 1. The van der Waals surface area contributed by atoms with E-state index in [1.54, 1.807) is 11.0 Å². The second-order valence-corrected chi connectivity index (χ2v) is 10.6. The molecular weight excluding hydrogens is 466 g/mol. The van der Waals surface area contributed by atoms with Crippen LogP contribution >= 0.6 is 0 Å². The summed E-state index contributed by atoms with van der Waals surface area (Å²) in [5.41, 5.74) is 1.61. The minimum absolute atomic E-state index is 0.0711. The molecule has 1 fully saturated rings. The summed E-state index contributed by atoms with van der Waals surface area (Å²) < 4.78 is 28.9. The van der Waals surface area contributed by atoms with E-state index in [9.17, 15) is 18.0 Å². The van der Waals surface area contributed by atoms with Gasteiger partial charge in [-0.15, -0.1) is 0 Å². The van der Waals surface area contributed by atoms with Gasteiger partial charge in [-0.05, 0) is 63.1 Å². The highest BCUT2D eigenvalue weighted by Crippen LogP contribution is 2.26. The van der Waals surface area contributed by atoms with Crippen LogP contribution in [0.3, 0.4) is 0 Å². The summed E-state index contributed by atoms with van der Waals surface area (Å²) in [6, 6.07) is 10.7. The lowest BCUT2D eigenvalue weighted by molar-refractivity contribution is -0.131. The summed E-state index contributed by atoms with van der Waals surface area (Å²) >= 11 is 0. The number of carbonyl (C=O) groups excluding carboxylic acids is 2. The monoisotopic (exact) mass is 497 g/mol. The highest BCUT2D eigenvalue weighted by Gasteiger charge is 2.32. The third-order valence-electron chi connectivity index (χ3n) is 6.56. The topological polar surface area (TPSA) is 105 Å². The van der Waals surface area contributed by atoms with Crippen LogP contribution in [0.2, 0.25) is 0 Å². The third-order valence-corrected chi connectivity index (χ3v) is 8.44. The number of amides is 2. The Hall–Kier alpha value is -3.24. The minimum atomic E-state index is -3.60. The number of carbonyl (C=O) groups is 2. The fraction of sp³-hybridized carbons (Fsp3) is 0.400. The molecule has 1 aliphatic heterocycles. The zero-order chi connectivity index (χ0) is 25.0. The van der Waals surface area contributed by atoms with Gasteiger partial charge in [-0.25, -0.2) is 8.42 Å². The van der Waals surface area contributed by atoms with Crippen LogP contribution in [0.4, 0.5) is 5.69 Å². The van der Waals surface area contributed by atoms with E-state index in [4.69, 9.17) is 0 Å². The van der Waals surface area contributed by atoms with Gasteiger partial charge in [0.05, 0.1) is 0 Å². The second-order valence-electron chi connectivity index (χ2n) is 8.64. The lowest BCUT2D eigenvalue weighted by Gasteiger charge is -2.30. The van der Waals surface area contributed by atoms with Crippen LogP contribution in [-0.2, 0) is 26.2 Å². The van der Waals surface area contributed by atoms with Gasteiger partial charge in [-0.2, -0.15) is 4.31 Å². The molecule has 1 N–H and O–H groups in total. The van der Waals surface area contributed by atoms with Crippen molar-refractivity contribution in [2.75, 3.05) is 31.5 Å². The first-order chi connectivity index (χ1) is 16.8. The van der Waals surface area contributed by atoms with Gasteiger partial charge in [-0.3, -0.25) is 14.6 Å². The first-order valence-electron chi connectivity index (χ1n) is 11.9. The molecular formula is C25H31N5O4S. The Morgan fingerprint density at radius 1 is 1.11 bits per heavy atom. The van der Waals surface area contributed by atoms with Crippen molar-refractivity contribution in [2.45, 2.75) is 38.1 Å². The van der Waals surface area contributed by atoms with E-state index in [0.29, 0.717) is 31.6 Å². The Kier molecular flexibility index (Phi) is 7.51. The van der Waals surface area contributed by atoms with Crippen LogP contribution in [0.15, 0.2) is 59.9 Å². The average Bonchev–Trinajstić information content (AvgIpc) is 3.27. The number of rotatable bonds is 8. The number of hydrogen-bond donors (Lipinski definition) is 1. The molecule has 186 valence electrons. The SMILES string of the molecule is CCN(CC)C(=O)Cn1ccc2cc(NC(=O)C3CCN(S(=O)(=O)c4cccnc4)CC3)ccc21. The Morgan fingerprint density at radius 2 is 1.86 bits per heavy atom. The smallest absolute Gasteiger partial charge is 0.244 e. The van der Waals surface area contributed by atoms with E-state index in [0.717, 1.165) is 10.9 Å². The number of likely N-dealkylation sites (N-methyl/N-ethyl adjacent to an activating group) is 1. The maximum atomic E-state index is 12.9. The van der Waals surface area contributed by atoms with E-state index >= 15 is 0 Å². The molecule has 1 saturated heterocycles. The quantitative estimate of drug-likeness (QED) is 0.515. The van der Waals surface area contributed by atoms with E-state index in [1.807, 2.05) is 48.9 Å². The molecule has 0 bridgehead atoms. The summed E-state index contributed by atoms with van der Waals surface area (Å²) in [6.45, 7) is 6.15. The molecule has 4 rings (SSSR count). The highest BCUT2D eigenvalue weighted by molar-refractivity contribution is 7.89. The number of fused-ring (bicyclic) bond motifs is 1. The molecule has 0 spiro atoms. The summed E-state index contributed by atoms with van der Waals surface area (Å²) in [5, 5.41) is 3.91. The summed E-state index contributed by atoms with van der Waals surface area (Å²) in [5.74, 6) is -0.303. The standard InChI is InChI=1S/C25H31N5O4S/c1-3-28(4-2)24(31)18-29-13-9-20-16-21(7-8-23(20)29)27-25(32)19-10-14-30(15-11-19)35(33,34)22-6-5-12-26-17-22/h5-9,12-13,16-17,19H,3-4,10-11,14-15,18H2,1-2H3,(H,27,32). The van der Waals surface area contributed by atoms with Crippen molar-refractivity contribution in [2.24, 2.45) is 5.92 Å². The van der Waals surface area contributed by atoms with Crippen molar-refractivity contribution in [1.29, 1.82) is 0 Å². The number of nitrogens with zero attached hydrogens (tertiary/aromatic N) is 4. The lowest BCUT2D eigenvalue weighted by Crippen LogP contribution is -2.41. The Morgan fingerprint density at radius 3 is 2.51 bits per heavy atom. The van der Waals surface area contributed by atoms with Crippen LogP contribution in [0.1, 0.15) is 26.7 Å². The largest absolute Gasteiger partial charge is 0.342 e. The fourth-order valence-corrected chi connectivity index (χ4v) is 5.92.